The molecule has 3 N–H and O–H groups in total. The number of allylic oxidation sites excluding steroid dienone is 8. The van der Waals surface area contributed by atoms with Crippen LogP contribution in [-0.4, -0.2) is 54.3 Å². The minimum atomic E-state index is -4.42. The molecule has 0 bridgehead atoms. The van der Waals surface area contributed by atoms with Crippen LogP contribution in [0.2, 0.25) is 0 Å². The van der Waals surface area contributed by atoms with E-state index < -0.39 is 26.5 Å². The summed E-state index contributed by atoms with van der Waals surface area (Å²) in [5, 5.41) is 12.6. The molecule has 0 aromatic rings. The Morgan fingerprint density at radius 1 is 0.646 bits per heavy atom. The molecule has 0 heterocycles. The number of hydrogen-bond acceptors (Lipinski definition) is 7. The predicted molar refractivity (Wildman–Crippen MR) is 197 cm³/mol. The summed E-state index contributed by atoms with van der Waals surface area (Å²) in [7, 11) is -4.42. The highest BCUT2D eigenvalue weighted by molar-refractivity contribution is 7.47. The van der Waals surface area contributed by atoms with Gasteiger partial charge in [0.25, 0.3) is 0 Å². The van der Waals surface area contributed by atoms with Gasteiger partial charge in [0, 0.05) is 19.4 Å². The summed E-state index contributed by atoms with van der Waals surface area (Å²) in [6.45, 7) is 3.42. The van der Waals surface area contributed by atoms with Crippen LogP contribution in [0.5, 0.6) is 0 Å². The Hall–Kier alpha value is -2.03. The zero-order valence-electron chi connectivity index (χ0n) is 30.2. The maximum absolute atomic E-state index is 12.0. The van der Waals surface area contributed by atoms with Gasteiger partial charge in [0.2, 0.25) is 5.91 Å². The molecule has 9 nitrogen and oxygen atoms in total. The zero-order chi connectivity index (χ0) is 35.4. The highest BCUT2D eigenvalue weighted by Gasteiger charge is 2.23. The standard InChI is InChI=1S/C38H68NO8P/c1-3-5-7-9-11-13-15-16-17-18-19-20-21-22-24-26-28-30-37(41)39-32-33-46-48(43,44)47-35-36(40)34-45-38(42)31-29-27-25-23-14-12-10-8-6-4-2/h11,13,16-17,19-20,22,24,36,40H,3-10,12,14-15,18,21,23,25-35H2,1-2H3,(H,39,41)(H,43,44)/b13-11-,17-16-,20-19-,24-22-. The second-order valence-electron chi connectivity index (χ2n) is 12.2. The van der Waals surface area contributed by atoms with E-state index in [4.69, 9.17) is 13.8 Å². The molecule has 1 amide bonds. The highest BCUT2D eigenvalue weighted by atomic mass is 31.2. The molecule has 2 atom stereocenters. The highest BCUT2D eigenvalue weighted by Crippen LogP contribution is 2.42. The van der Waals surface area contributed by atoms with Gasteiger partial charge >= 0.3 is 13.8 Å². The molecule has 0 aromatic heterocycles. The molecule has 2 unspecified atom stereocenters. The summed E-state index contributed by atoms with van der Waals surface area (Å²) < 4.78 is 26.7. The molecule has 0 radical (unpaired) electrons. The first-order valence-electron chi connectivity index (χ1n) is 18.6. The third kappa shape index (κ3) is 35.3. The molecule has 0 fully saturated rings. The molecule has 0 aliphatic heterocycles. The van der Waals surface area contributed by atoms with Gasteiger partial charge in [-0.3, -0.25) is 18.6 Å². The summed E-state index contributed by atoms with van der Waals surface area (Å²) in [5.41, 5.74) is 0. The van der Waals surface area contributed by atoms with Crippen molar-refractivity contribution >= 4 is 19.7 Å². The van der Waals surface area contributed by atoms with E-state index in [0.29, 0.717) is 12.8 Å². The van der Waals surface area contributed by atoms with Gasteiger partial charge in [-0.1, -0.05) is 133 Å². The number of amides is 1. The number of ether oxygens (including phenoxy) is 1. The molecule has 278 valence electrons. The quantitative estimate of drug-likeness (QED) is 0.0262. The predicted octanol–water partition coefficient (Wildman–Crippen LogP) is 9.60. The maximum atomic E-state index is 12.0. The van der Waals surface area contributed by atoms with Crippen molar-refractivity contribution in [1.29, 1.82) is 0 Å². The minimum absolute atomic E-state index is 0.0518. The van der Waals surface area contributed by atoms with Gasteiger partial charge in [0.15, 0.2) is 0 Å². The van der Waals surface area contributed by atoms with E-state index in [1.807, 2.05) is 0 Å². The molecule has 0 aliphatic carbocycles. The normalized spacial score (nSPS) is 14.0. The summed E-state index contributed by atoms with van der Waals surface area (Å²) in [5.74, 6) is -0.579. The van der Waals surface area contributed by atoms with Gasteiger partial charge < -0.3 is 20.1 Å². The Labute approximate surface area is 292 Å². The lowest BCUT2D eigenvalue weighted by Gasteiger charge is -2.15. The van der Waals surface area contributed by atoms with Gasteiger partial charge in [-0.15, -0.1) is 0 Å². The maximum Gasteiger partial charge on any atom is 0.472 e. The van der Waals surface area contributed by atoms with Crippen molar-refractivity contribution in [3.63, 3.8) is 0 Å². The smallest absolute Gasteiger partial charge is 0.463 e. The van der Waals surface area contributed by atoms with Crippen molar-refractivity contribution in [2.45, 2.75) is 155 Å². The molecular weight excluding hydrogens is 629 g/mol. The van der Waals surface area contributed by atoms with Crippen LogP contribution in [0, 0.1) is 0 Å². The fourth-order valence-corrected chi connectivity index (χ4v) is 5.42. The van der Waals surface area contributed by atoms with Crippen molar-refractivity contribution in [1.82, 2.24) is 5.32 Å². The number of carbonyl (C=O) groups excluding carboxylic acids is 2. The molecule has 48 heavy (non-hydrogen) atoms. The lowest BCUT2D eigenvalue weighted by molar-refractivity contribution is -0.147. The van der Waals surface area contributed by atoms with Crippen LogP contribution in [0.15, 0.2) is 48.6 Å². The van der Waals surface area contributed by atoms with Gasteiger partial charge in [0.1, 0.15) is 12.7 Å². The fourth-order valence-electron chi connectivity index (χ4n) is 4.66. The first-order chi connectivity index (χ1) is 23.3. The molecule has 10 heteroatoms. The van der Waals surface area contributed by atoms with Crippen molar-refractivity contribution < 1.29 is 37.9 Å². The van der Waals surface area contributed by atoms with E-state index in [2.05, 4.69) is 67.8 Å². The number of unbranched alkanes of at least 4 members (excludes halogenated alkanes) is 13. The Morgan fingerprint density at radius 2 is 1.15 bits per heavy atom. The van der Waals surface area contributed by atoms with E-state index in [0.717, 1.165) is 44.9 Å². The molecule has 0 saturated heterocycles. The summed E-state index contributed by atoms with van der Waals surface area (Å²) in [6.07, 6.45) is 37.6. The molecule has 0 aliphatic rings. The van der Waals surface area contributed by atoms with E-state index in [1.54, 1.807) is 0 Å². The lowest BCUT2D eigenvalue weighted by atomic mass is 10.1. The van der Waals surface area contributed by atoms with Crippen LogP contribution in [0.3, 0.4) is 0 Å². The van der Waals surface area contributed by atoms with E-state index >= 15 is 0 Å². The van der Waals surface area contributed by atoms with Crippen molar-refractivity contribution in [3.05, 3.63) is 48.6 Å². The van der Waals surface area contributed by atoms with Crippen LogP contribution < -0.4 is 5.32 Å². The Morgan fingerprint density at radius 3 is 1.73 bits per heavy atom. The number of phosphoric acid groups is 1. The Kier molecular flexibility index (Phi) is 33.3. The van der Waals surface area contributed by atoms with Gasteiger partial charge in [-0.25, -0.2) is 4.57 Å². The van der Waals surface area contributed by atoms with Crippen molar-refractivity contribution in [3.8, 4) is 0 Å². The zero-order valence-corrected chi connectivity index (χ0v) is 31.1. The van der Waals surface area contributed by atoms with Crippen LogP contribution in [0.25, 0.3) is 0 Å². The molecule has 0 aromatic carbocycles. The van der Waals surface area contributed by atoms with Crippen LogP contribution in [0.4, 0.5) is 0 Å². The van der Waals surface area contributed by atoms with E-state index in [1.165, 1.54) is 70.6 Å². The van der Waals surface area contributed by atoms with Crippen molar-refractivity contribution in [2.75, 3.05) is 26.4 Å². The molecule has 0 spiro atoms. The average Bonchev–Trinajstić information content (AvgIpc) is 3.07. The number of phosphoric ester groups is 1. The Bertz CT molecular complexity index is 934. The largest absolute Gasteiger partial charge is 0.472 e. The third-order valence-electron chi connectivity index (χ3n) is 7.51. The topological polar surface area (TPSA) is 131 Å². The third-order valence-corrected chi connectivity index (χ3v) is 8.50. The summed E-state index contributed by atoms with van der Waals surface area (Å²) in [6, 6.07) is 0. The minimum Gasteiger partial charge on any atom is -0.463 e. The summed E-state index contributed by atoms with van der Waals surface area (Å²) >= 11 is 0. The number of aliphatic hydroxyl groups is 1. The number of nitrogens with one attached hydrogen (secondary N) is 1. The first-order valence-corrected chi connectivity index (χ1v) is 20.1. The van der Waals surface area contributed by atoms with Gasteiger partial charge in [0.05, 0.1) is 13.2 Å². The number of rotatable bonds is 34. The van der Waals surface area contributed by atoms with Crippen LogP contribution in [0.1, 0.15) is 149 Å². The fraction of sp³-hybridized carbons (Fsp3) is 0.737. The van der Waals surface area contributed by atoms with E-state index in [-0.39, 0.29) is 32.1 Å². The second-order valence-corrected chi connectivity index (χ2v) is 13.7. The Balaban J connectivity index is 3.73. The van der Waals surface area contributed by atoms with E-state index in [9.17, 15) is 24.2 Å². The second kappa shape index (κ2) is 34.8. The first kappa shape index (κ1) is 46.0. The average molecular weight is 698 g/mol. The molecule has 0 saturated carbocycles. The van der Waals surface area contributed by atoms with Crippen LogP contribution in [-0.2, 0) is 27.9 Å². The number of carbonyl (C=O) groups is 2. The molecular formula is C38H68NO8P. The lowest BCUT2D eigenvalue weighted by Crippen LogP contribution is -2.27. The van der Waals surface area contributed by atoms with Crippen molar-refractivity contribution in [2.24, 2.45) is 0 Å². The number of aliphatic hydroxyl groups excluding tert-OH is 1. The van der Waals surface area contributed by atoms with Gasteiger partial charge in [-0.2, -0.15) is 0 Å². The van der Waals surface area contributed by atoms with Crippen LogP contribution >= 0.6 is 7.82 Å². The number of esters is 1. The van der Waals surface area contributed by atoms with Gasteiger partial charge in [-0.05, 0) is 51.4 Å². The SMILES string of the molecule is CCCCC/C=C\C/C=C\C/C=C\C/C=C\CCCC(=O)NCCOP(=O)(O)OCC(O)COC(=O)CCCCCCCCCCCC. The number of hydrogen-bond donors (Lipinski definition) is 3. The monoisotopic (exact) mass is 697 g/mol. The molecule has 0 rings (SSSR count). The summed E-state index contributed by atoms with van der Waals surface area (Å²) in [4.78, 5) is 33.7.